The van der Waals surface area contributed by atoms with Crippen LogP contribution in [0.3, 0.4) is 0 Å². The van der Waals surface area contributed by atoms with E-state index in [9.17, 15) is 10.1 Å². The summed E-state index contributed by atoms with van der Waals surface area (Å²) in [7, 11) is 1.76. The summed E-state index contributed by atoms with van der Waals surface area (Å²) in [6.07, 6.45) is 2.06. The molecule has 1 aromatic rings. The molecule has 0 amide bonds. The molecule has 1 N–H and O–H groups in total. The zero-order valence-corrected chi connectivity index (χ0v) is 10.9. The highest BCUT2D eigenvalue weighted by Crippen LogP contribution is 2.37. The molecule has 1 aliphatic rings. The molecule has 0 aromatic carbocycles. The molecule has 0 bridgehead atoms. The topological polar surface area (TPSA) is 71.3 Å². The van der Waals surface area contributed by atoms with Gasteiger partial charge in [-0.2, -0.15) is 0 Å². The Hall–Kier alpha value is -1.85. The maximum atomic E-state index is 11.1. The first-order chi connectivity index (χ1) is 8.45. The molecule has 1 aliphatic heterocycles. The van der Waals surface area contributed by atoms with Crippen molar-refractivity contribution >= 4 is 17.3 Å². The van der Waals surface area contributed by atoms with E-state index in [1.165, 1.54) is 6.07 Å². The van der Waals surface area contributed by atoms with Crippen LogP contribution in [0.5, 0.6) is 0 Å². The van der Waals surface area contributed by atoms with Crippen LogP contribution in [0.2, 0.25) is 0 Å². The normalized spacial score (nSPS) is 17.8. The standard InChI is InChI=1S/C12H18N4O2/c1-12(2)7-4-8-15(12)11-9(16(17)18)5-6-10(13-3)14-11/h5-6H,4,7-8H2,1-3H3,(H,13,14). The van der Waals surface area contributed by atoms with Crippen LogP contribution >= 0.6 is 0 Å². The number of rotatable bonds is 3. The number of nitrogens with one attached hydrogen (secondary N) is 1. The maximum Gasteiger partial charge on any atom is 0.311 e. The van der Waals surface area contributed by atoms with Gasteiger partial charge in [-0.05, 0) is 32.8 Å². The number of hydrogen-bond donors (Lipinski definition) is 1. The number of anilines is 2. The zero-order valence-electron chi connectivity index (χ0n) is 10.9. The van der Waals surface area contributed by atoms with Crippen molar-refractivity contribution in [1.82, 2.24) is 4.98 Å². The van der Waals surface area contributed by atoms with Crippen molar-refractivity contribution in [2.75, 3.05) is 23.8 Å². The fourth-order valence-corrected chi connectivity index (χ4v) is 2.42. The number of hydrogen-bond acceptors (Lipinski definition) is 5. The molecule has 1 fully saturated rings. The minimum absolute atomic E-state index is 0.0731. The molecule has 0 saturated carbocycles. The lowest BCUT2D eigenvalue weighted by Crippen LogP contribution is -2.39. The van der Waals surface area contributed by atoms with E-state index in [1.807, 2.05) is 4.90 Å². The molecule has 0 radical (unpaired) electrons. The van der Waals surface area contributed by atoms with Crippen molar-refractivity contribution < 1.29 is 4.92 Å². The Morgan fingerprint density at radius 2 is 2.22 bits per heavy atom. The van der Waals surface area contributed by atoms with Crippen LogP contribution in [0.4, 0.5) is 17.3 Å². The smallest absolute Gasteiger partial charge is 0.311 e. The quantitative estimate of drug-likeness (QED) is 0.659. The minimum atomic E-state index is -0.365. The average molecular weight is 250 g/mol. The third-order valence-corrected chi connectivity index (χ3v) is 3.46. The molecule has 6 nitrogen and oxygen atoms in total. The van der Waals surface area contributed by atoms with Gasteiger partial charge in [0.15, 0.2) is 0 Å². The predicted octanol–water partition coefficient (Wildman–Crippen LogP) is 2.41. The summed E-state index contributed by atoms with van der Waals surface area (Å²) in [6, 6.07) is 3.15. The Balaban J connectivity index is 2.50. The minimum Gasteiger partial charge on any atom is -0.373 e. The molecule has 0 aliphatic carbocycles. The largest absolute Gasteiger partial charge is 0.373 e. The van der Waals surface area contributed by atoms with Crippen molar-refractivity contribution in [3.05, 3.63) is 22.2 Å². The second-order valence-electron chi connectivity index (χ2n) is 5.11. The van der Waals surface area contributed by atoms with E-state index in [0.717, 1.165) is 19.4 Å². The van der Waals surface area contributed by atoms with Crippen LogP contribution in [-0.2, 0) is 0 Å². The molecule has 0 atom stereocenters. The van der Waals surface area contributed by atoms with Crippen molar-refractivity contribution in [3.8, 4) is 0 Å². The summed E-state index contributed by atoms with van der Waals surface area (Å²) in [4.78, 5) is 17.1. The molecular formula is C12H18N4O2. The molecule has 2 rings (SSSR count). The second kappa shape index (κ2) is 4.44. The Morgan fingerprint density at radius 3 is 2.72 bits per heavy atom. The van der Waals surface area contributed by atoms with E-state index in [1.54, 1.807) is 13.1 Å². The van der Waals surface area contributed by atoms with Gasteiger partial charge in [-0.1, -0.05) is 0 Å². The lowest BCUT2D eigenvalue weighted by molar-refractivity contribution is -0.384. The Bertz CT molecular complexity index is 473. The van der Waals surface area contributed by atoms with Gasteiger partial charge >= 0.3 is 5.69 Å². The fraction of sp³-hybridized carbons (Fsp3) is 0.583. The number of nitrogens with zero attached hydrogens (tertiary/aromatic N) is 3. The predicted molar refractivity (Wildman–Crippen MR) is 71.1 cm³/mol. The van der Waals surface area contributed by atoms with Crippen LogP contribution in [0.15, 0.2) is 12.1 Å². The van der Waals surface area contributed by atoms with Gasteiger partial charge < -0.3 is 10.2 Å². The molecule has 98 valence electrons. The summed E-state index contributed by atoms with van der Waals surface area (Å²) in [5.74, 6) is 1.12. The zero-order chi connectivity index (χ0) is 13.3. The van der Waals surface area contributed by atoms with Gasteiger partial charge in [-0.3, -0.25) is 10.1 Å². The van der Waals surface area contributed by atoms with E-state index in [0.29, 0.717) is 11.6 Å². The van der Waals surface area contributed by atoms with Crippen LogP contribution in [0.1, 0.15) is 26.7 Å². The SMILES string of the molecule is CNc1ccc([N+](=O)[O-])c(N2CCCC2(C)C)n1. The van der Waals surface area contributed by atoms with Gasteiger partial charge in [0.05, 0.1) is 4.92 Å². The first-order valence-corrected chi connectivity index (χ1v) is 6.06. The summed E-state index contributed by atoms with van der Waals surface area (Å²) in [5.41, 5.74) is -0.00612. The third kappa shape index (κ3) is 2.10. The highest BCUT2D eigenvalue weighted by Gasteiger charge is 2.36. The van der Waals surface area contributed by atoms with E-state index in [2.05, 4.69) is 24.1 Å². The van der Waals surface area contributed by atoms with Gasteiger partial charge in [0.2, 0.25) is 5.82 Å². The van der Waals surface area contributed by atoms with Crippen molar-refractivity contribution in [2.24, 2.45) is 0 Å². The molecule has 0 unspecified atom stereocenters. The molecular weight excluding hydrogens is 232 g/mol. The van der Waals surface area contributed by atoms with Crippen LogP contribution in [0, 0.1) is 10.1 Å². The van der Waals surface area contributed by atoms with E-state index in [4.69, 9.17) is 0 Å². The van der Waals surface area contributed by atoms with E-state index < -0.39 is 0 Å². The number of nitro groups is 1. The summed E-state index contributed by atoms with van der Waals surface area (Å²) >= 11 is 0. The molecule has 0 spiro atoms. The first-order valence-electron chi connectivity index (χ1n) is 6.06. The summed E-state index contributed by atoms with van der Waals surface area (Å²) in [5, 5.41) is 14.0. The third-order valence-electron chi connectivity index (χ3n) is 3.46. The van der Waals surface area contributed by atoms with Gasteiger partial charge in [0.25, 0.3) is 0 Å². The Morgan fingerprint density at radius 1 is 1.50 bits per heavy atom. The fourth-order valence-electron chi connectivity index (χ4n) is 2.42. The number of aromatic nitrogens is 1. The highest BCUT2D eigenvalue weighted by molar-refractivity contribution is 5.63. The molecule has 18 heavy (non-hydrogen) atoms. The van der Waals surface area contributed by atoms with Gasteiger partial charge in [0.1, 0.15) is 5.82 Å². The van der Waals surface area contributed by atoms with Gasteiger partial charge in [0, 0.05) is 25.2 Å². The van der Waals surface area contributed by atoms with Crippen LogP contribution in [0.25, 0.3) is 0 Å². The maximum absolute atomic E-state index is 11.1. The summed E-state index contributed by atoms with van der Waals surface area (Å²) < 4.78 is 0. The molecule has 1 aromatic heterocycles. The Labute approximate surface area is 106 Å². The van der Waals surface area contributed by atoms with E-state index in [-0.39, 0.29) is 16.1 Å². The van der Waals surface area contributed by atoms with Crippen molar-refractivity contribution in [3.63, 3.8) is 0 Å². The van der Waals surface area contributed by atoms with Crippen LogP contribution < -0.4 is 10.2 Å². The molecule has 6 heteroatoms. The summed E-state index contributed by atoms with van der Waals surface area (Å²) in [6.45, 7) is 5.00. The van der Waals surface area contributed by atoms with E-state index >= 15 is 0 Å². The van der Waals surface area contributed by atoms with Crippen molar-refractivity contribution in [2.45, 2.75) is 32.2 Å². The monoisotopic (exact) mass is 250 g/mol. The van der Waals surface area contributed by atoms with Crippen LogP contribution in [-0.4, -0.2) is 29.0 Å². The highest BCUT2D eigenvalue weighted by atomic mass is 16.6. The van der Waals surface area contributed by atoms with Gasteiger partial charge in [-0.25, -0.2) is 4.98 Å². The molecule has 2 heterocycles. The van der Waals surface area contributed by atoms with Crippen molar-refractivity contribution in [1.29, 1.82) is 0 Å². The lowest BCUT2D eigenvalue weighted by Gasteiger charge is -2.32. The first kappa shape index (κ1) is 12.6. The number of pyridine rings is 1. The average Bonchev–Trinajstić information content (AvgIpc) is 2.67. The second-order valence-corrected chi connectivity index (χ2v) is 5.11. The molecule has 1 saturated heterocycles. The van der Waals surface area contributed by atoms with Gasteiger partial charge in [-0.15, -0.1) is 0 Å². The Kier molecular flexibility index (Phi) is 3.11. The lowest BCUT2D eigenvalue weighted by atomic mass is 10.0.